The number of hydrogen-bond acceptors (Lipinski definition) is 3. The summed E-state index contributed by atoms with van der Waals surface area (Å²) in [5.74, 6) is -0.339. The maximum Gasteiger partial charge on any atom is 0.328 e. The fraction of sp³-hybridized carbons (Fsp3) is 0.188. The summed E-state index contributed by atoms with van der Waals surface area (Å²) in [6.07, 6.45) is 3.29. The lowest BCUT2D eigenvalue weighted by molar-refractivity contribution is -0.116. The summed E-state index contributed by atoms with van der Waals surface area (Å²) < 4.78 is 3.25. The zero-order valence-electron chi connectivity index (χ0n) is 12.6. The third-order valence-electron chi connectivity index (χ3n) is 3.61. The van der Waals surface area contributed by atoms with Crippen molar-refractivity contribution >= 4 is 22.5 Å². The molecular formula is C16H16N4O3. The van der Waals surface area contributed by atoms with E-state index in [-0.39, 0.29) is 12.5 Å². The number of fused-ring (bicyclic) bond motifs is 1. The average Bonchev–Trinajstić information content (AvgIpc) is 2.92. The molecule has 0 saturated carbocycles. The molecule has 2 aromatic heterocycles. The smallest absolute Gasteiger partial charge is 0.328 e. The van der Waals surface area contributed by atoms with Crippen LogP contribution in [-0.2, 0) is 17.9 Å². The maximum absolute atomic E-state index is 12.0. The molecule has 0 aliphatic rings. The van der Waals surface area contributed by atoms with Crippen LogP contribution in [0.4, 0.5) is 5.69 Å². The first-order chi connectivity index (χ1) is 11.1. The van der Waals surface area contributed by atoms with Crippen LogP contribution < -0.4 is 16.6 Å². The minimum absolute atomic E-state index is 0.163. The Bertz CT molecular complexity index is 981. The third kappa shape index (κ3) is 3.08. The van der Waals surface area contributed by atoms with Gasteiger partial charge in [0.1, 0.15) is 6.54 Å². The van der Waals surface area contributed by atoms with Gasteiger partial charge < -0.3 is 9.88 Å². The van der Waals surface area contributed by atoms with Crippen LogP contribution in [0.3, 0.4) is 0 Å². The van der Waals surface area contributed by atoms with Crippen LogP contribution >= 0.6 is 0 Å². The van der Waals surface area contributed by atoms with E-state index in [4.69, 9.17) is 0 Å². The van der Waals surface area contributed by atoms with Crippen molar-refractivity contribution in [2.24, 2.45) is 0 Å². The van der Waals surface area contributed by atoms with Gasteiger partial charge in [-0.25, -0.2) is 4.79 Å². The molecule has 0 spiro atoms. The Morgan fingerprint density at radius 2 is 1.91 bits per heavy atom. The number of aromatic nitrogens is 3. The second-order valence-electron chi connectivity index (χ2n) is 5.16. The number of hydrogen-bond donors (Lipinski definition) is 2. The van der Waals surface area contributed by atoms with E-state index in [1.54, 1.807) is 0 Å². The summed E-state index contributed by atoms with van der Waals surface area (Å²) in [6, 6.07) is 8.84. The van der Waals surface area contributed by atoms with Gasteiger partial charge in [0.05, 0.1) is 0 Å². The van der Waals surface area contributed by atoms with E-state index in [0.29, 0.717) is 5.69 Å². The van der Waals surface area contributed by atoms with Gasteiger partial charge in [-0.2, -0.15) is 0 Å². The summed E-state index contributed by atoms with van der Waals surface area (Å²) in [5.41, 5.74) is 0.664. The van der Waals surface area contributed by atoms with Gasteiger partial charge in [-0.3, -0.25) is 19.1 Å². The molecule has 0 saturated heterocycles. The lowest BCUT2D eigenvalue weighted by Gasteiger charge is -2.07. The first-order valence-electron chi connectivity index (χ1n) is 7.25. The van der Waals surface area contributed by atoms with Crippen molar-refractivity contribution in [3.05, 3.63) is 63.6 Å². The number of nitrogens with zero attached hydrogens (tertiary/aromatic N) is 2. The number of nitrogens with one attached hydrogen (secondary N) is 2. The minimum atomic E-state index is -0.608. The molecule has 0 radical (unpaired) electrons. The Labute approximate surface area is 131 Å². The van der Waals surface area contributed by atoms with E-state index in [2.05, 4.69) is 21.8 Å². The first kappa shape index (κ1) is 14.8. The second-order valence-corrected chi connectivity index (χ2v) is 5.16. The van der Waals surface area contributed by atoms with Gasteiger partial charge in [0.2, 0.25) is 5.91 Å². The van der Waals surface area contributed by atoms with Gasteiger partial charge in [-0.15, -0.1) is 0 Å². The Morgan fingerprint density at radius 1 is 1.13 bits per heavy atom. The molecule has 0 unspecified atom stereocenters. The van der Waals surface area contributed by atoms with Crippen LogP contribution in [0.15, 0.2) is 52.3 Å². The molecule has 118 valence electrons. The molecule has 2 heterocycles. The van der Waals surface area contributed by atoms with Gasteiger partial charge in [-0.1, -0.05) is 0 Å². The zero-order chi connectivity index (χ0) is 16.4. The summed E-state index contributed by atoms with van der Waals surface area (Å²) >= 11 is 0. The normalized spacial score (nSPS) is 10.8. The lowest BCUT2D eigenvalue weighted by atomic mass is 10.2. The Balaban J connectivity index is 1.77. The van der Waals surface area contributed by atoms with E-state index < -0.39 is 11.2 Å². The Morgan fingerprint density at radius 3 is 2.65 bits per heavy atom. The van der Waals surface area contributed by atoms with Crippen molar-refractivity contribution in [2.45, 2.75) is 20.0 Å². The molecule has 7 nitrogen and oxygen atoms in total. The van der Waals surface area contributed by atoms with Gasteiger partial charge in [0, 0.05) is 41.6 Å². The van der Waals surface area contributed by atoms with Crippen LogP contribution in [0.5, 0.6) is 0 Å². The van der Waals surface area contributed by atoms with Crippen molar-refractivity contribution in [3.8, 4) is 0 Å². The Kier molecular flexibility index (Phi) is 3.84. The molecule has 2 N–H and O–H groups in total. The quantitative estimate of drug-likeness (QED) is 0.757. The van der Waals surface area contributed by atoms with Gasteiger partial charge in [0.15, 0.2) is 0 Å². The van der Waals surface area contributed by atoms with Crippen LogP contribution in [0, 0.1) is 0 Å². The zero-order valence-corrected chi connectivity index (χ0v) is 12.6. The van der Waals surface area contributed by atoms with Crippen LogP contribution in [0.25, 0.3) is 10.9 Å². The molecular weight excluding hydrogens is 296 g/mol. The average molecular weight is 312 g/mol. The number of anilines is 1. The number of aromatic amines is 1. The molecule has 0 bridgehead atoms. The molecule has 1 aromatic carbocycles. The monoisotopic (exact) mass is 312 g/mol. The Hall–Kier alpha value is -3.09. The fourth-order valence-electron chi connectivity index (χ4n) is 2.48. The predicted octanol–water partition coefficient (Wildman–Crippen LogP) is 1.15. The van der Waals surface area contributed by atoms with Crippen molar-refractivity contribution in [1.29, 1.82) is 0 Å². The van der Waals surface area contributed by atoms with E-state index in [9.17, 15) is 14.4 Å². The number of carbonyl (C=O) groups is 1. The molecule has 3 rings (SSSR count). The lowest BCUT2D eigenvalue weighted by Crippen LogP contribution is -2.32. The summed E-state index contributed by atoms with van der Waals surface area (Å²) in [5, 5.41) is 3.78. The summed E-state index contributed by atoms with van der Waals surface area (Å²) in [7, 11) is 0. The molecule has 7 heteroatoms. The molecule has 0 aliphatic heterocycles. The number of aryl methyl sites for hydroxylation is 1. The third-order valence-corrected chi connectivity index (χ3v) is 3.61. The number of rotatable bonds is 4. The number of amides is 1. The molecule has 3 aromatic rings. The fourth-order valence-corrected chi connectivity index (χ4v) is 2.48. The van der Waals surface area contributed by atoms with E-state index in [0.717, 1.165) is 22.0 Å². The van der Waals surface area contributed by atoms with Crippen molar-refractivity contribution < 1.29 is 4.79 Å². The highest BCUT2D eigenvalue weighted by atomic mass is 16.2. The van der Waals surface area contributed by atoms with E-state index >= 15 is 0 Å². The molecule has 23 heavy (non-hydrogen) atoms. The van der Waals surface area contributed by atoms with E-state index in [1.807, 2.05) is 30.5 Å². The minimum Gasteiger partial charge on any atom is -0.348 e. The first-order valence-corrected chi connectivity index (χ1v) is 7.25. The standard InChI is InChI=1S/C16H16N4O3/c1-2-19-7-5-11-9-12(3-4-13(11)19)17-15(22)10-20-8-6-14(21)18-16(20)23/h3-9H,2,10H2,1H3,(H,17,22)(H,18,21,23). The number of H-pyrrole nitrogens is 1. The highest BCUT2D eigenvalue weighted by Crippen LogP contribution is 2.20. The predicted molar refractivity (Wildman–Crippen MR) is 87.6 cm³/mol. The molecule has 1 amide bonds. The van der Waals surface area contributed by atoms with Crippen molar-refractivity contribution in [3.63, 3.8) is 0 Å². The highest BCUT2D eigenvalue weighted by Gasteiger charge is 2.07. The topological polar surface area (TPSA) is 88.9 Å². The molecule has 0 fully saturated rings. The largest absolute Gasteiger partial charge is 0.348 e. The van der Waals surface area contributed by atoms with Crippen molar-refractivity contribution in [1.82, 2.24) is 14.1 Å². The van der Waals surface area contributed by atoms with Crippen LogP contribution in [0.1, 0.15) is 6.92 Å². The maximum atomic E-state index is 12.0. The molecule has 0 aliphatic carbocycles. The highest BCUT2D eigenvalue weighted by molar-refractivity contribution is 5.93. The van der Waals surface area contributed by atoms with E-state index in [1.165, 1.54) is 12.3 Å². The molecule has 0 atom stereocenters. The van der Waals surface area contributed by atoms with Crippen molar-refractivity contribution in [2.75, 3.05) is 5.32 Å². The number of carbonyl (C=O) groups excluding carboxylic acids is 1. The van der Waals surface area contributed by atoms with Gasteiger partial charge >= 0.3 is 5.69 Å². The number of benzene rings is 1. The van der Waals surface area contributed by atoms with Gasteiger partial charge in [-0.05, 0) is 31.2 Å². The SMILES string of the molecule is CCn1ccc2cc(NC(=O)Cn3ccc(=O)[nH]c3=O)ccc21. The second kappa shape index (κ2) is 5.96. The van der Waals surface area contributed by atoms with Crippen LogP contribution in [0.2, 0.25) is 0 Å². The summed E-state index contributed by atoms with van der Waals surface area (Å²) in [4.78, 5) is 36.7. The van der Waals surface area contributed by atoms with Crippen LogP contribution in [-0.4, -0.2) is 20.0 Å². The van der Waals surface area contributed by atoms with Gasteiger partial charge in [0.25, 0.3) is 5.56 Å². The summed E-state index contributed by atoms with van der Waals surface area (Å²) in [6.45, 7) is 2.78.